The molecule has 0 atom stereocenters. The Bertz CT molecular complexity index is 1230. The number of benzene rings is 2. The van der Waals surface area contributed by atoms with Crippen LogP contribution in [0.25, 0.3) is 0 Å². The molecule has 162 valence electrons. The zero-order chi connectivity index (χ0) is 22.7. The lowest BCUT2D eigenvalue weighted by Gasteiger charge is -2.21. The van der Waals surface area contributed by atoms with E-state index in [0.717, 1.165) is 11.1 Å². The maximum atomic E-state index is 13.2. The number of ether oxygens (including phenoxy) is 1. The molecule has 4 rings (SSSR count). The first kappa shape index (κ1) is 21.5. The van der Waals surface area contributed by atoms with Crippen molar-refractivity contribution in [2.45, 2.75) is 13.3 Å². The summed E-state index contributed by atoms with van der Waals surface area (Å²) in [5.41, 5.74) is 3.32. The van der Waals surface area contributed by atoms with Crippen LogP contribution >= 0.6 is 11.6 Å². The quantitative estimate of drug-likeness (QED) is 0.620. The molecule has 8 heteroatoms. The molecule has 32 heavy (non-hydrogen) atoms. The Hall–Kier alpha value is -3.71. The Morgan fingerprint density at radius 1 is 1.19 bits per heavy atom. The number of nitrogens with one attached hydrogen (secondary N) is 1. The predicted octanol–water partition coefficient (Wildman–Crippen LogP) is 4.55. The van der Waals surface area contributed by atoms with Gasteiger partial charge in [0.2, 0.25) is 11.8 Å². The van der Waals surface area contributed by atoms with Gasteiger partial charge in [0, 0.05) is 11.8 Å². The van der Waals surface area contributed by atoms with Gasteiger partial charge in [0.15, 0.2) is 5.82 Å². The Kier molecular flexibility index (Phi) is 6.18. The summed E-state index contributed by atoms with van der Waals surface area (Å²) in [5, 5.41) is 3.20. The minimum Gasteiger partial charge on any atom is -0.497 e. The van der Waals surface area contributed by atoms with Crippen molar-refractivity contribution in [2.75, 3.05) is 23.9 Å². The molecule has 1 aliphatic rings. The van der Waals surface area contributed by atoms with Crippen LogP contribution in [-0.4, -0.2) is 36.2 Å². The van der Waals surface area contributed by atoms with Crippen molar-refractivity contribution in [2.24, 2.45) is 4.99 Å². The maximum Gasteiger partial charge on any atom is 0.244 e. The Balaban J connectivity index is 1.61. The van der Waals surface area contributed by atoms with Crippen LogP contribution in [0.4, 0.5) is 17.2 Å². The summed E-state index contributed by atoms with van der Waals surface area (Å²) < 4.78 is 5.29. The summed E-state index contributed by atoms with van der Waals surface area (Å²) in [6.07, 6.45) is 1.59. The van der Waals surface area contributed by atoms with Gasteiger partial charge in [-0.25, -0.2) is 9.98 Å². The van der Waals surface area contributed by atoms with Gasteiger partial charge in [0.1, 0.15) is 18.0 Å². The second-order valence-electron chi connectivity index (χ2n) is 7.32. The average Bonchev–Trinajstić information content (AvgIpc) is 2.92. The van der Waals surface area contributed by atoms with Gasteiger partial charge in [0.25, 0.3) is 0 Å². The van der Waals surface area contributed by atoms with Gasteiger partial charge in [-0.3, -0.25) is 14.5 Å². The molecule has 7 nitrogen and oxygen atoms in total. The molecule has 0 bridgehead atoms. The highest BCUT2D eigenvalue weighted by atomic mass is 35.5. The van der Waals surface area contributed by atoms with Crippen molar-refractivity contribution >= 4 is 46.3 Å². The summed E-state index contributed by atoms with van der Waals surface area (Å²) in [4.78, 5) is 36.3. The largest absolute Gasteiger partial charge is 0.497 e. The monoisotopic (exact) mass is 448 g/mol. The first-order chi connectivity index (χ1) is 15.4. The SMILES string of the molecule is COc1cccc(C2=Nc3cccnc3N(CC(=O)Nc3ccc(C)cc3Cl)C(=O)C2)c1. The third-order valence-electron chi connectivity index (χ3n) is 5.00. The Morgan fingerprint density at radius 3 is 2.81 bits per heavy atom. The minimum absolute atomic E-state index is 0.0160. The molecule has 0 saturated heterocycles. The first-order valence-corrected chi connectivity index (χ1v) is 10.4. The number of aromatic nitrogens is 1. The highest BCUT2D eigenvalue weighted by Gasteiger charge is 2.28. The van der Waals surface area contributed by atoms with Gasteiger partial charge in [0.05, 0.1) is 30.0 Å². The van der Waals surface area contributed by atoms with E-state index in [0.29, 0.717) is 33.7 Å². The number of hydrogen-bond donors (Lipinski definition) is 1. The summed E-state index contributed by atoms with van der Waals surface area (Å²) in [7, 11) is 1.58. The fraction of sp³-hybridized carbons (Fsp3) is 0.167. The highest BCUT2D eigenvalue weighted by molar-refractivity contribution is 6.33. The van der Waals surface area contributed by atoms with Crippen LogP contribution in [0.3, 0.4) is 0 Å². The fourth-order valence-electron chi connectivity index (χ4n) is 3.41. The fourth-order valence-corrected chi connectivity index (χ4v) is 3.69. The molecular weight excluding hydrogens is 428 g/mol. The van der Waals surface area contributed by atoms with Gasteiger partial charge in [-0.1, -0.05) is 29.8 Å². The van der Waals surface area contributed by atoms with Crippen LogP contribution in [0.15, 0.2) is 65.8 Å². The summed E-state index contributed by atoms with van der Waals surface area (Å²) in [6.45, 7) is 1.70. The third-order valence-corrected chi connectivity index (χ3v) is 5.31. The number of carbonyl (C=O) groups excluding carboxylic acids is 2. The molecule has 0 unspecified atom stereocenters. The Morgan fingerprint density at radius 2 is 2.03 bits per heavy atom. The van der Waals surface area contributed by atoms with Crippen molar-refractivity contribution in [3.05, 3.63) is 76.9 Å². The smallest absolute Gasteiger partial charge is 0.244 e. The normalized spacial score (nSPS) is 13.2. The molecule has 0 aliphatic carbocycles. The second-order valence-corrected chi connectivity index (χ2v) is 7.73. The molecule has 1 N–H and O–H groups in total. The second kappa shape index (κ2) is 9.20. The van der Waals surface area contributed by atoms with Crippen LogP contribution in [0.1, 0.15) is 17.5 Å². The first-order valence-electron chi connectivity index (χ1n) is 9.98. The van der Waals surface area contributed by atoms with Gasteiger partial charge in [-0.2, -0.15) is 0 Å². The lowest BCUT2D eigenvalue weighted by molar-refractivity contribution is -0.120. The number of aryl methyl sites for hydroxylation is 1. The number of methoxy groups -OCH3 is 1. The van der Waals surface area contributed by atoms with E-state index in [9.17, 15) is 9.59 Å². The number of aliphatic imine (C=N–C) groups is 1. The van der Waals surface area contributed by atoms with Crippen molar-refractivity contribution < 1.29 is 14.3 Å². The van der Waals surface area contributed by atoms with E-state index >= 15 is 0 Å². The van der Waals surface area contributed by atoms with E-state index in [-0.39, 0.29) is 24.8 Å². The van der Waals surface area contributed by atoms with Crippen LogP contribution in [-0.2, 0) is 9.59 Å². The van der Waals surface area contributed by atoms with Crippen LogP contribution in [0, 0.1) is 6.92 Å². The van der Waals surface area contributed by atoms with E-state index < -0.39 is 0 Å². The van der Waals surface area contributed by atoms with Gasteiger partial charge in [-0.15, -0.1) is 0 Å². The number of rotatable bonds is 5. The molecule has 2 aromatic carbocycles. The number of pyridine rings is 1. The number of halogens is 1. The number of hydrogen-bond acceptors (Lipinski definition) is 5. The van der Waals surface area contributed by atoms with Crippen molar-refractivity contribution in [1.29, 1.82) is 0 Å². The lowest BCUT2D eigenvalue weighted by atomic mass is 10.1. The Labute approximate surface area is 190 Å². The number of amides is 2. The molecule has 0 fully saturated rings. The predicted molar refractivity (Wildman–Crippen MR) is 125 cm³/mol. The molecule has 3 aromatic rings. The van der Waals surface area contributed by atoms with E-state index in [1.807, 2.05) is 37.3 Å². The van der Waals surface area contributed by atoms with E-state index in [2.05, 4.69) is 15.3 Å². The summed E-state index contributed by atoms with van der Waals surface area (Å²) in [5.74, 6) is 0.333. The van der Waals surface area contributed by atoms with E-state index in [1.54, 1.807) is 37.6 Å². The number of nitrogens with zero attached hydrogens (tertiary/aromatic N) is 3. The molecule has 2 heterocycles. The lowest BCUT2D eigenvalue weighted by Crippen LogP contribution is -2.39. The molecule has 0 radical (unpaired) electrons. The molecular formula is C24H21ClN4O3. The van der Waals surface area contributed by atoms with E-state index in [1.165, 1.54) is 4.90 Å². The molecule has 0 spiro atoms. The molecule has 1 aromatic heterocycles. The van der Waals surface area contributed by atoms with Gasteiger partial charge in [-0.05, 0) is 48.9 Å². The topological polar surface area (TPSA) is 83.9 Å². The van der Waals surface area contributed by atoms with Crippen LogP contribution < -0.4 is 15.0 Å². The van der Waals surface area contributed by atoms with Crippen molar-refractivity contribution in [1.82, 2.24) is 4.98 Å². The van der Waals surface area contributed by atoms with Crippen LogP contribution in [0.2, 0.25) is 5.02 Å². The zero-order valence-electron chi connectivity index (χ0n) is 17.6. The molecule has 1 aliphatic heterocycles. The summed E-state index contributed by atoms with van der Waals surface area (Å²) >= 11 is 6.23. The highest BCUT2D eigenvalue weighted by Crippen LogP contribution is 2.31. The van der Waals surface area contributed by atoms with Crippen molar-refractivity contribution in [3.63, 3.8) is 0 Å². The zero-order valence-corrected chi connectivity index (χ0v) is 18.4. The number of carbonyl (C=O) groups is 2. The molecule has 0 saturated carbocycles. The van der Waals surface area contributed by atoms with Gasteiger partial charge < -0.3 is 10.1 Å². The maximum absolute atomic E-state index is 13.2. The standard InChI is InChI=1S/C24H21ClN4O3/c1-15-8-9-19(18(25)11-15)28-22(30)14-29-23(31)13-21(16-5-3-6-17(12-16)32-2)27-20-7-4-10-26-24(20)29/h3-12H,13-14H2,1-2H3,(H,28,30). The average molecular weight is 449 g/mol. The number of fused-ring (bicyclic) bond motifs is 1. The van der Waals surface area contributed by atoms with Crippen LogP contribution in [0.5, 0.6) is 5.75 Å². The summed E-state index contributed by atoms with van der Waals surface area (Å²) in [6, 6.07) is 16.2. The van der Waals surface area contributed by atoms with E-state index in [4.69, 9.17) is 16.3 Å². The van der Waals surface area contributed by atoms with Crippen molar-refractivity contribution in [3.8, 4) is 5.75 Å². The molecule has 2 amide bonds. The third kappa shape index (κ3) is 4.63. The van der Waals surface area contributed by atoms with Gasteiger partial charge >= 0.3 is 0 Å². The number of anilines is 2. The minimum atomic E-state index is -0.384.